The van der Waals surface area contributed by atoms with E-state index >= 15 is 0 Å². The van der Waals surface area contributed by atoms with Gasteiger partial charge in [-0.3, -0.25) is 14.6 Å². The molecular formula is C13H11N5O3S. The number of anilines is 1. The second-order valence-electron chi connectivity index (χ2n) is 4.36. The highest BCUT2D eigenvalue weighted by molar-refractivity contribution is 7.99. The number of phenols is 1. The van der Waals surface area contributed by atoms with Crippen LogP contribution in [0.4, 0.5) is 5.69 Å². The number of phenolic OH excluding ortho intramolecular Hbond substituents is 1. The maximum atomic E-state index is 11.8. The molecule has 0 atom stereocenters. The summed E-state index contributed by atoms with van der Waals surface area (Å²) >= 11 is 1.09. The summed E-state index contributed by atoms with van der Waals surface area (Å²) in [5.74, 6) is -0.144. The Morgan fingerprint density at radius 3 is 3.09 bits per heavy atom. The molecule has 0 unspecified atom stereocenters. The molecule has 0 aliphatic rings. The molecule has 0 aliphatic carbocycles. The monoisotopic (exact) mass is 317 g/mol. The first kappa shape index (κ1) is 14.1. The molecule has 0 aliphatic heterocycles. The van der Waals surface area contributed by atoms with Crippen LogP contribution in [0.15, 0.2) is 40.5 Å². The molecule has 2 heterocycles. The Morgan fingerprint density at radius 1 is 1.41 bits per heavy atom. The quantitative estimate of drug-likeness (QED) is 0.422. The molecule has 112 valence electrons. The van der Waals surface area contributed by atoms with Crippen LogP contribution in [0.2, 0.25) is 0 Å². The van der Waals surface area contributed by atoms with Crippen molar-refractivity contribution in [2.24, 2.45) is 0 Å². The molecule has 0 radical (unpaired) electrons. The van der Waals surface area contributed by atoms with E-state index in [4.69, 9.17) is 0 Å². The number of rotatable bonds is 4. The van der Waals surface area contributed by atoms with Crippen molar-refractivity contribution in [1.29, 1.82) is 0 Å². The van der Waals surface area contributed by atoms with Gasteiger partial charge in [0.25, 0.3) is 5.56 Å². The minimum Gasteiger partial charge on any atom is -0.508 e. The van der Waals surface area contributed by atoms with Crippen LogP contribution in [0.25, 0.3) is 11.2 Å². The number of hydrogen-bond acceptors (Lipinski definition) is 6. The van der Waals surface area contributed by atoms with Gasteiger partial charge in [-0.2, -0.15) is 0 Å². The second kappa shape index (κ2) is 5.90. The van der Waals surface area contributed by atoms with E-state index < -0.39 is 0 Å². The summed E-state index contributed by atoms with van der Waals surface area (Å²) < 4.78 is 0. The molecule has 1 aromatic carbocycles. The second-order valence-corrected chi connectivity index (χ2v) is 5.32. The smallest absolute Gasteiger partial charge is 0.277 e. The van der Waals surface area contributed by atoms with E-state index in [2.05, 4.69) is 25.3 Å². The van der Waals surface area contributed by atoms with Crippen LogP contribution in [-0.4, -0.2) is 36.7 Å². The standard InChI is InChI=1S/C13H11N5O3S/c19-8-3-1-2-7(4-8)16-9(20)5-22-13-17-11-10(12(21)18-13)14-6-15-11/h1-4,6,19H,5H2,(H,16,20)(H2,14,15,17,18,21). The summed E-state index contributed by atoms with van der Waals surface area (Å²) in [6.07, 6.45) is 1.38. The van der Waals surface area contributed by atoms with Crippen molar-refractivity contribution >= 4 is 34.5 Å². The summed E-state index contributed by atoms with van der Waals surface area (Å²) in [5.41, 5.74) is 0.765. The fourth-order valence-electron chi connectivity index (χ4n) is 1.81. The van der Waals surface area contributed by atoms with Crippen LogP contribution < -0.4 is 10.9 Å². The van der Waals surface area contributed by atoms with Gasteiger partial charge in [0.2, 0.25) is 5.91 Å². The topological polar surface area (TPSA) is 124 Å². The van der Waals surface area contributed by atoms with Crippen molar-refractivity contribution < 1.29 is 9.90 Å². The lowest BCUT2D eigenvalue weighted by Crippen LogP contribution is -2.15. The summed E-state index contributed by atoms with van der Waals surface area (Å²) in [6, 6.07) is 6.25. The number of aromatic hydroxyl groups is 1. The minimum absolute atomic E-state index is 0.0640. The average Bonchev–Trinajstić information content (AvgIpc) is 2.94. The molecule has 8 nitrogen and oxygen atoms in total. The fraction of sp³-hybridized carbons (Fsp3) is 0.0769. The number of hydrogen-bond donors (Lipinski definition) is 4. The molecule has 0 fully saturated rings. The number of carbonyl (C=O) groups excluding carboxylic acids is 1. The predicted molar refractivity (Wildman–Crippen MR) is 82.0 cm³/mol. The van der Waals surface area contributed by atoms with E-state index in [1.54, 1.807) is 12.1 Å². The van der Waals surface area contributed by atoms with Crippen molar-refractivity contribution in [1.82, 2.24) is 19.9 Å². The lowest BCUT2D eigenvalue weighted by molar-refractivity contribution is -0.113. The number of fused-ring (bicyclic) bond motifs is 1. The summed E-state index contributed by atoms with van der Waals surface area (Å²) in [7, 11) is 0. The van der Waals surface area contributed by atoms with Crippen LogP contribution in [0, 0.1) is 0 Å². The first-order valence-corrected chi connectivity index (χ1v) is 7.25. The fourth-order valence-corrected chi connectivity index (χ4v) is 2.46. The molecule has 2 aromatic heterocycles. The van der Waals surface area contributed by atoms with Crippen molar-refractivity contribution in [3.63, 3.8) is 0 Å². The zero-order valence-electron chi connectivity index (χ0n) is 11.2. The number of amides is 1. The normalized spacial score (nSPS) is 10.7. The van der Waals surface area contributed by atoms with Crippen molar-refractivity contribution in [2.45, 2.75) is 5.16 Å². The summed E-state index contributed by atoms with van der Waals surface area (Å²) in [6.45, 7) is 0. The third-order valence-electron chi connectivity index (χ3n) is 2.74. The molecule has 4 N–H and O–H groups in total. The Bertz CT molecular complexity index is 889. The van der Waals surface area contributed by atoms with Crippen LogP contribution in [0.1, 0.15) is 0 Å². The zero-order chi connectivity index (χ0) is 15.5. The number of benzene rings is 1. The molecule has 0 bridgehead atoms. The van der Waals surface area contributed by atoms with Gasteiger partial charge in [-0.25, -0.2) is 9.97 Å². The highest BCUT2D eigenvalue weighted by atomic mass is 32.2. The van der Waals surface area contributed by atoms with Crippen LogP contribution in [0.5, 0.6) is 5.75 Å². The number of aromatic nitrogens is 4. The van der Waals surface area contributed by atoms with E-state index in [0.29, 0.717) is 22.0 Å². The molecular weight excluding hydrogens is 306 g/mol. The van der Waals surface area contributed by atoms with Gasteiger partial charge >= 0.3 is 0 Å². The van der Waals surface area contributed by atoms with Gasteiger partial charge in [0.1, 0.15) is 5.75 Å². The van der Waals surface area contributed by atoms with Crippen molar-refractivity contribution in [3.8, 4) is 5.75 Å². The van der Waals surface area contributed by atoms with E-state index in [1.165, 1.54) is 18.5 Å². The summed E-state index contributed by atoms with van der Waals surface area (Å²) in [4.78, 5) is 36.9. The van der Waals surface area contributed by atoms with Crippen LogP contribution >= 0.6 is 11.8 Å². The first-order valence-electron chi connectivity index (χ1n) is 6.27. The van der Waals surface area contributed by atoms with Gasteiger partial charge in [0.05, 0.1) is 12.1 Å². The van der Waals surface area contributed by atoms with E-state index in [9.17, 15) is 14.7 Å². The number of carbonyl (C=O) groups is 1. The Morgan fingerprint density at radius 2 is 2.27 bits per heavy atom. The van der Waals surface area contributed by atoms with E-state index in [1.807, 2.05) is 0 Å². The first-order chi connectivity index (χ1) is 10.6. The minimum atomic E-state index is -0.335. The number of nitrogens with zero attached hydrogens (tertiary/aromatic N) is 2. The number of H-pyrrole nitrogens is 2. The highest BCUT2D eigenvalue weighted by Crippen LogP contribution is 2.17. The van der Waals surface area contributed by atoms with E-state index in [0.717, 1.165) is 11.8 Å². The highest BCUT2D eigenvalue weighted by Gasteiger charge is 2.09. The third-order valence-corrected chi connectivity index (χ3v) is 3.62. The number of imidazole rings is 1. The van der Waals surface area contributed by atoms with Gasteiger partial charge in [-0.15, -0.1) is 0 Å². The molecule has 3 rings (SSSR count). The lowest BCUT2D eigenvalue weighted by atomic mass is 10.3. The SMILES string of the molecule is O=C(CSc1nc2nc[nH]c2c(=O)[nH]1)Nc1cccc(O)c1. The number of aromatic amines is 2. The molecule has 9 heteroatoms. The largest absolute Gasteiger partial charge is 0.508 e. The molecule has 1 amide bonds. The number of nitrogens with one attached hydrogen (secondary N) is 3. The van der Waals surface area contributed by atoms with Crippen LogP contribution in [-0.2, 0) is 4.79 Å². The van der Waals surface area contributed by atoms with Crippen LogP contribution in [0.3, 0.4) is 0 Å². The Labute approximate surface area is 128 Å². The van der Waals surface area contributed by atoms with Gasteiger partial charge in [0, 0.05) is 11.8 Å². The Balaban J connectivity index is 1.66. The van der Waals surface area contributed by atoms with Gasteiger partial charge in [0.15, 0.2) is 16.3 Å². The van der Waals surface area contributed by atoms with Crippen molar-refractivity contribution in [2.75, 3.05) is 11.1 Å². The predicted octanol–water partition coefficient (Wildman–Crippen LogP) is 1.08. The lowest BCUT2D eigenvalue weighted by Gasteiger charge is -2.05. The van der Waals surface area contributed by atoms with Gasteiger partial charge < -0.3 is 15.4 Å². The maximum Gasteiger partial charge on any atom is 0.277 e. The Hall–Kier alpha value is -2.81. The number of thioether (sulfide) groups is 1. The molecule has 3 aromatic rings. The third kappa shape index (κ3) is 3.09. The maximum absolute atomic E-state index is 11.8. The van der Waals surface area contributed by atoms with Gasteiger partial charge in [-0.05, 0) is 12.1 Å². The molecule has 22 heavy (non-hydrogen) atoms. The van der Waals surface area contributed by atoms with E-state index in [-0.39, 0.29) is 23.0 Å². The Kier molecular flexibility index (Phi) is 3.79. The molecule has 0 saturated heterocycles. The van der Waals surface area contributed by atoms with Crippen molar-refractivity contribution in [3.05, 3.63) is 40.9 Å². The molecule has 0 spiro atoms. The van der Waals surface area contributed by atoms with Gasteiger partial charge in [-0.1, -0.05) is 17.8 Å². The molecule has 0 saturated carbocycles. The average molecular weight is 317 g/mol. The zero-order valence-corrected chi connectivity index (χ0v) is 12.0. The summed E-state index contributed by atoms with van der Waals surface area (Å²) in [5, 5.41) is 12.3.